The van der Waals surface area contributed by atoms with E-state index in [-0.39, 0.29) is 5.82 Å². The number of hydrogen-bond donors (Lipinski definition) is 0. The molecule has 0 atom stereocenters. The Morgan fingerprint density at radius 3 is 2.61 bits per heavy atom. The lowest BCUT2D eigenvalue weighted by Gasteiger charge is -2.08. The van der Waals surface area contributed by atoms with E-state index >= 15 is 0 Å². The molecule has 0 fully saturated rings. The van der Waals surface area contributed by atoms with Crippen LogP contribution in [0.4, 0.5) is 4.39 Å². The summed E-state index contributed by atoms with van der Waals surface area (Å²) in [5.41, 5.74) is 2.51. The average molecular weight is 391 g/mol. The number of nitrogens with zero attached hydrogens (tertiary/aromatic N) is 5. The Kier molecular flexibility index (Phi) is 5.34. The van der Waals surface area contributed by atoms with E-state index in [1.165, 1.54) is 17.8 Å². The molecule has 0 saturated carbocycles. The van der Waals surface area contributed by atoms with Crippen molar-refractivity contribution in [1.82, 2.24) is 24.5 Å². The number of thioether (sulfide) groups is 1. The van der Waals surface area contributed by atoms with Crippen LogP contribution in [0.3, 0.4) is 0 Å². The number of halogens is 1. The van der Waals surface area contributed by atoms with Crippen LogP contribution in [-0.4, -0.2) is 24.5 Å². The molecule has 4 rings (SSSR count). The summed E-state index contributed by atoms with van der Waals surface area (Å²) in [6, 6.07) is 16.5. The van der Waals surface area contributed by atoms with Gasteiger partial charge in [-0.15, -0.1) is 16.8 Å². The molecule has 0 bridgehead atoms. The molecular formula is C21H18FN5S. The average Bonchev–Trinajstić information content (AvgIpc) is 3.35. The molecule has 0 aliphatic rings. The molecule has 28 heavy (non-hydrogen) atoms. The molecule has 2 aromatic heterocycles. The van der Waals surface area contributed by atoms with Gasteiger partial charge in [-0.25, -0.2) is 9.07 Å². The van der Waals surface area contributed by atoms with Crippen LogP contribution in [0.2, 0.25) is 0 Å². The quantitative estimate of drug-likeness (QED) is 0.337. The highest BCUT2D eigenvalue weighted by Crippen LogP contribution is 2.28. The van der Waals surface area contributed by atoms with Crippen molar-refractivity contribution < 1.29 is 4.39 Å². The van der Waals surface area contributed by atoms with Gasteiger partial charge in [0.1, 0.15) is 5.82 Å². The van der Waals surface area contributed by atoms with E-state index in [9.17, 15) is 4.39 Å². The summed E-state index contributed by atoms with van der Waals surface area (Å²) in [6.07, 6.45) is 5.59. The predicted octanol–water partition coefficient (Wildman–Crippen LogP) is 4.75. The van der Waals surface area contributed by atoms with Crippen LogP contribution in [0.5, 0.6) is 0 Å². The third kappa shape index (κ3) is 3.75. The molecule has 0 N–H and O–H groups in total. The first-order chi connectivity index (χ1) is 13.8. The third-order valence-corrected chi connectivity index (χ3v) is 5.21. The van der Waals surface area contributed by atoms with Crippen molar-refractivity contribution >= 4 is 11.8 Å². The second kappa shape index (κ2) is 8.22. The third-order valence-electron chi connectivity index (χ3n) is 4.17. The van der Waals surface area contributed by atoms with Crippen molar-refractivity contribution in [1.29, 1.82) is 0 Å². The fourth-order valence-corrected chi connectivity index (χ4v) is 3.70. The molecule has 0 spiro atoms. The van der Waals surface area contributed by atoms with Gasteiger partial charge in [-0.3, -0.25) is 4.57 Å². The Morgan fingerprint density at radius 1 is 1.04 bits per heavy atom. The molecule has 0 radical (unpaired) electrons. The minimum absolute atomic E-state index is 0.319. The summed E-state index contributed by atoms with van der Waals surface area (Å²) in [7, 11) is 0. The maximum atomic E-state index is 14.2. The highest BCUT2D eigenvalue weighted by molar-refractivity contribution is 7.98. The van der Waals surface area contributed by atoms with Gasteiger partial charge in [-0.1, -0.05) is 48.2 Å². The van der Waals surface area contributed by atoms with Gasteiger partial charge in [0.15, 0.2) is 11.0 Å². The van der Waals surface area contributed by atoms with Crippen LogP contribution in [0.25, 0.3) is 17.1 Å². The second-order valence-electron chi connectivity index (χ2n) is 6.10. The van der Waals surface area contributed by atoms with E-state index < -0.39 is 0 Å². The number of allylic oxidation sites excluding steroid dienone is 1. The standard InChI is InChI=1S/C21H18FN5S/c1-2-12-26-20(18-10-6-7-11-19(18)22)24-25-21(26)28-15-16-13-23-27(14-16)17-8-4-3-5-9-17/h2-11,13-14H,1,12,15H2. The van der Waals surface area contributed by atoms with Gasteiger partial charge in [0.05, 0.1) is 17.4 Å². The van der Waals surface area contributed by atoms with Gasteiger partial charge in [0, 0.05) is 24.1 Å². The summed E-state index contributed by atoms with van der Waals surface area (Å²) in [5.74, 6) is 0.862. The number of para-hydroxylation sites is 1. The predicted molar refractivity (Wildman–Crippen MR) is 109 cm³/mol. The molecule has 0 aliphatic carbocycles. The van der Waals surface area contributed by atoms with Gasteiger partial charge < -0.3 is 0 Å². The van der Waals surface area contributed by atoms with Crippen molar-refractivity contribution in [3.63, 3.8) is 0 Å². The molecule has 0 amide bonds. The maximum Gasteiger partial charge on any atom is 0.192 e. The Hall–Kier alpha value is -3.19. The molecule has 2 aromatic carbocycles. The molecule has 140 valence electrons. The van der Waals surface area contributed by atoms with Gasteiger partial charge in [-0.2, -0.15) is 5.10 Å². The van der Waals surface area contributed by atoms with Crippen molar-refractivity contribution in [3.05, 3.63) is 91.0 Å². The highest BCUT2D eigenvalue weighted by atomic mass is 32.2. The Bertz CT molecular complexity index is 1090. The first kappa shape index (κ1) is 18.2. The van der Waals surface area contributed by atoms with Gasteiger partial charge in [-0.05, 0) is 24.3 Å². The van der Waals surface area contributed by atoms with E-state index in [1.54, 1.807) is 24.3 Å². The SMILES string of the molecule is C=CCn1c(SCc2cnn(-c3ccccc3)c2)nnc1-c1ccccc1F. The van der Waals surface area contributed by atoms with E-state index in [2.05, 4.69) is 21.9 Å². The molecule has 0 unspecified atom stereocenters. The van der Waals surface area contributed by atoms with E-state index in [0.717, 1.165) is 11.3 Å². The summed E-state index contributed by atoms with van der Waals surface area (Å²) < 4.78 is 17.9. The van der Waals surface area contributed by atoms with E-state index in [4.69, 9.17) is 0 Å². The summed E-state index contributed by atoms with van der Waals surface area (Å²) in [4.78, 5) is 0. The minimum atomic E-state index is -0.319. The van der Waals surface area contributed by atoms with Crippen molar-refractivity contribution in [2.45, 2.75) is 17.5 Å². The minimum Gasteiger partial charge on any atom is -0.298 e. The van der Waals surface area contributed by atoms with Gasteiger partial charge in [0.25, 0.3) is 0 Å². The maximum absolute atomic E-state index is 14.2. The molecule has 5 nitrogen and oxygen atoms in total. The zero-order valence-corrected chi connectivity index (χ0v) is 15.9. The Labute approximate surface area is 166 Å². The lowest BCUT2D eigenvalue weighted by atomic mass is 10.2. The Morgan fingerprint density at radius 2 is 1.82 bits per heavy atom. The number of hydrogen-bond acceptors (Lipinski definition) is 4. The zero-order chi connectivity index (χ0) is 19.3. The topological polar surface area (TPSA) is 48.5 Å². The van der Waals surface area contributed by atoms with Crippen LogP contribution in [0, 0.1) is 5.82 Å². The first-order valence-corrected chi connectivity index (χ1v) is 9.75. The monoisotopic (exact) mass is 391 g/mol. The molecular weight excluding hydrogens is 373 g/mol. The lowest BCUT2D eigenvalue weighted by molar-refractivity contribution is 0.626. The zero-order valence-electron chi connectivity index (χ0n) is 15.1. The van der Waals surface area contributed by atoms with E-state index in [0.29, 0.717) is 28.8 Å². The first-order valence-electron chi connectivity index (χ1n) is 8.77. The number of benzene rings is 2. The largest absolute Gasteiger partial charge is 0.298 e. The molecule has 0 aliphatic heterocycles. The van der Waals surface area contributed by atoms with E-state index in [1.807, 2.05) is 52.0 Å². The highest BCUT2D eigenvalue weighted by Gasteiger charge is 2.16. The lowest BCUT2D eigenvalue weighted by Crippen LogP contribution is -2.01. The normalized spacial score (nSPS) is 10.9. The number of aromatic nitrogens is 5. The Balaban J connectivity index is 1.55. The van der Waals surface area contributed by atoms with Crippen LogP contribution < -0.4 is 0 Å². The fraction of sp³-hybridized carbons (Fsp3) is 0.0952. The molecule has 4 aromatic rings. The smallest absolute Gasteiger partial charge is 0.192 e. The summed E-state index contributed by atoms with van der Waals surface area (Å²) >= 11 is 1.54. The second-order valence-corrected chi connectivity index (χ2v) is 7.05. The summed E-state index contributed by atoms with van der Waals surface area (Å²) in [5, 5.41) is 13.6. The molecule has 0 saturated heterocycles. The van der Waals surface area contributed by atoms with Crippen LogP contribution in [-0.2, 0) is 12.3 Å². The van der Waals surface area contributed by atoms with Crippen molar-refractivity contribution in [3.8, 4) is 17.1 Å². The van der Waals surface area contributed by atoms with Gasteiger partial charge in [0.2, 0.25) is 0 Å². The fourth-order valence-electron chi connectivity index (χ4n) is 2.84. The van der Waals surface area contributed by atoms with Gasteiger partial charge >= 0.3 is 0 Å². The number of rotatable bonds is 7. The summed E-state index contributed by atoms with van der Waals surface area (Å²) in [6.45, 7) is 4.30. The molecule has 2 heterocycles. The van der Waals surface area contributed by atoms with Crippen LogP contribution in [0.15, 0.2) is 84.8 Å². The van der Waals surface area contributed by atoms with Crippen molar-refractivity contribution in [2.75, 3.05) is 0 Å². The van der Waals surface area contributed by atoms with Crippen LogP contribution in [0.1, 0.15) is 5.56 Å². The molecule has 7 heteroatoms. The van der Waals surface area contributed by atoms with Crippen molar-refractivity contribution in [2.24, 2.45) is 0 Å². The van der Waals surface area contributed by atoms with Crippen LogP contribution >= 0.6 is 11.8 Å².